The van der Waals surface area contributed by atoms with Crippen molar-refractivity contribution in [2.24, 2.45) is 0 Å². The van der Waals surface area contributed by atoms with Crippen molar-refractivity contribution in [3.63, 3.8) is 0 Å². The van der Waals surface area contributed by atoms with E-state index in [0.717, 1.165) is 31.9 Å². The van der Waals surface area contributed by atoms with E-state index in [2.05, 4.69) is 45.9 Å². The Morgan fingerprint density at radius 3 is 3.00 bits per heavy atom. The molecule has 118 valence electrons. The Bertz CT molecular complexity index is 562. The van der Waals surface area contributed by atoms with E-state index in [4.69, 9.17) is 4.74 Å². The minimum Gasteiger partial charge on any atom is -0.494 e. The highest BCUT2D eigenvalue weighted by Gasteiger charge is 2.24. The smallest absolute Gasteiger partial charge is 0.119 e. The van der Waals surface area contributed by atoms with E-state index < -0.39 is 0 Å². The van der Waals surface area contributed by atoms with Crippen molar-refractivity contribution in [3.05, 3.63) is 52.2 Å². The molecule has 1 aromatic heterocycles. The molecule has 0 spiro atoms. The molecule has 1 saturated heterocycles. The standard InChI is InChI=1S/C18H24N2OS/c1-2-21-16-7-3-6-15(14-16)18(17-8-4-13-22-17)20-11-5-9-19-10-12-20/h3-4,6-8,13-14,18-19H,2,5,9-12H2,1H3. The number of rotatable bonds is 5. The number of ether oxygens (including phenoxy) is 1. The Labute approximate surface area is 136 Å². The van der Waals surface area contributed by atoms with Crippen LogP contribution in [0.5, 0.6) is 5.75 Å². The highest BCUT2D eigenvalue weighted by molar-refractivity contribution is 7.10. The predicted molar refractivity (Wildman–Crippen MR) is 92.8 cm³/mol. The zero-order valence-electron chi connectivity index (χ0n) is 13.1. The minimum absolute atomic E-state index is 0.334. The fourth-order valence-electron chi connectivity index (χ4n) is 3.07. The van der Waals surface area contributed by atoms with Crippen molar-refractivity contribution < 1.29 is 4.74 Å². The van der Waals surface area contributed by atoms with Gasteiger partial charge in [0.25, 0.3) is 0 Å². The molecule has 3 nitrogen and oxygen atoms in total. The quantitative estimate of drug-likeness (QED) is 0.913. The molecule has 2 heterocycles. The normalized spacial score (nSPS) is 17.9. The lowest BCUT2D eigenvalue weighted by Crippen LogP contribution is -2.32. The van der Waals surface area contributed by atoms with E-state index in [9.17, 15) is 0 Å². The number of hydrogen-bond acceptors (Lipinski definition) is 4. The van der Waals surface area contributed by atoms with Gasteiger partial charge in [0.1, 0.15) is 5.75 Å². The number of benzene rings is 1. The average Bonchev–Trinajstić information content (AvgIpc) is 2.92. The van der Waals surface area contributed by atoms with Crippen LogP contribution in [0.15, 0.2) is 41.8 Å². The third-order valence-electron chi connectivity index (χ3n) is 4.04. The van der Waals surface area contributed by atoms with Crippen LogP contribution in [0.4, 0.5) is 0 Å². The molecule has 1 aliphatic rings. The van der Waals surface area contributed by atoms with Gasteiger partial charge in [0.2, 0.25) is 0 Å². The summed E-state index contributed by atoms with van der Waals surface area (Å²) < 4.78 is 5.70. The second-order valence-corrected chi connectivity index (χ2v) is 6.54. The molecule has 3 rings (SSSR count). The highest BCUT2D eigenvalue weighted by Crippen LogP contribution is 2.33. The molecule has 0 radical (unpaired) electrons. The van der Waals surface area contributed by atoms with Crippen LogP contribution < -0.4 is 10.1 Å². The van der Waals surface area contributed by atoms with E-state index in [-0.39, 0.29) is 0 Å². The summed E-state index contributed by atoms with van der Waals surface area (Å²) in [5.41, 5.74) is 1.33. The van der Waals surface area contributed by atoms with Gasteiger partial charge in [-0.15, -0.1) is 11.3 Å². The van der Waals surface area contributed by atoms with Crippen LogP contribution >= 0.6 is 11.3 Å². The van der Waals surface area contributed by atoms with Gasteiger partial charge in [0, 0.05) is 24.5 Å². The molecule has 0 bridgehead atoms. The summed E-state index contributed by atoms with van der Waals surface area (Å²) in [6, 6.07) is 13.3. The molecule has 2 aromatic rings. The van der Waals surface area contributed by atoms with Gasteiger partial charge in [0.15, 0.2) is 0 Å². The molecule has 1 fully saturated rings. The topological polar surface area (TPSA) is 24.5 Å². The van der Waals surface area contributed by atoms with E-state index >= 15 is 0 Å². The molecule has 1 atom stereocenters. The van der Waals surface area contributed by atoms with Crippen LogP contribution in [-0.4, -0.2) is 37.7 Å². The van der Waals surface area contributed by atoms with Gasteiger partial charge in [-0.1, -0.05) is 18.2 Å². The molecule has 0 aliphatic carbocycles. The van der Waals surface area contributed by atoms with E-state index in [1.54, 1.807) is 0 Å². The van der Waals surface area contributed by atoms with Crippen molar-refractivity contribution in [2.45, 2.75) is 19.4 Å². The summed E-state index contributed by atoms with van der Waals surface area (Å²) in [5.74, 6) is 0.967. The summed E-state index contributed by atoms with van der Waals surface area (Å²) in [6.45, 7) is 7.14. The van der Waals surface area contributed by atoms with Gasteiger partial charge in [-0.2, -0.15) is 0 Å². The van der Waals surface area contributed by atoms with Crippen LogP contribution in [0.1, 0.15) is 29.8 Å². The molecular formula is C18H24N2OS. The summed E-state index contributed by atoms with van der Waals surface area (Å²) in [5, 5.41) is 5.67. The Morgan fingerprint density at radius 1 is 1.23 bits per heavy atom. The Morgan fingerprint density at radius 2 is 2.18 bits per heavy atom. The monoisotopic (exact) mass is 316 g/mol. The largest absolute Gasteiger partial charge is 0.494 e. The second kappa shape index (κ2) is 7.77. The third-order valence-corrected chi connectivity index (χ3v) is 4.96. The summed E-state index contributed by atoms with van der Waals surface area (Å²) in [6.07, 6.45) is 1.20. The van der Waals surface area contributed by atoms with Crippen molar-refractivity contribution in [1.29, 1.82) is 0 Å². The Kier molecular flexibility index (Phi) is 5.48. The number of hydrogen-bond donors (Lipinski definition) is 1. The van der Waals surface area contributed by atoms with Gasteiger partial charge >= 0.3 is 0 Å². The first-order valence-corrected chi connectivity index (χ1v) is 8.97. The molecular weight excluding hydrogens is 292 g/mol. The fraction of sp³-hybridized carbons (Fsp3) is 0.444. The van der Waals surface area contributed by atoms with Crippen molar-refractivity contribution in [1.82, 2.24) is 10.2 Å². The van der Waals surface area contributed by atoms with Crippen molar-refractivity contribution >= 4 is 11.3 Å². The number of thiophene rings is 1. The van der Waals surface area contributed by atoms with Gasteiger partial charge in [-0.25, -0.2) is 0 Å². The zero-order chi connectivity index (χ0) is 15.2. The maximum atomic E-state index is 5.70. The van der Waals surface area contributed by atoms with Gasteiger partial charge in [0.05, 0.1) is 12.6 Å². The fourth-order valence-corrected chi connectivity index (χ4v) is 3.95. The predicted octanol–water partition coefficient (Wildman–Crippen LogP) is 3.53. The summed E-state index contributed by atoms with van der Waals surface area (Å²) in [7, 11) is 0. The molecule has 0 amide bonds. The first-order valence-electron chi connectivity index (χ1n) is 8.09. The van der Waals surface area contributed by atoms with E-state index in [1.165, 1.54) is 16.9 Å². The molecule has 1 aromatic carbocycles. The van der Waals surface area contributed by atoms with Gasteiger partial charge in [-0.05, 0) is 49.0 Å². The van der Waals surface area contributed by atoms with Crippen LogP contribution in [0.25, 0.3) is 0 Å². The van der Waals surface area contributed by atoms with Crippen LogP contribution in [0.3, 0.4) is 0 Å². The van der Waals surface area contributed by atoms with Crippen LogP contribution in [0.2, 0.25) is 0 Å². The Balaban J connectivity index is 1.92. The van der Waals surface area contributed by atoms with Crippen LogP contribution in [-0.2, 0) is 0 Å². The van der Waals surface area contributed by atoms with E-state index in [0.29, 0.717) is 12.6 Å². The first kappa shape index (κ1) is 15.5. The lowest BCUT2D eigenvalue weighted by molar-refractivity contribution is 0.243. The highest BCUT2D eigenvalue weighted by atomic mass is 32.1. The number of nitrogens with one attached hydrogen (secondary N) is 1. The average molecular weight is 316 g/mol. The van der Waals surface area contributed by atoms with Gasteiger partial charge in [-0.3, -0.25) is 4.90 Å². The number of nitrogens with zero attached hydrogens (tertiary/aromatic N) is 1. The lowest BCUT2D eigenvalue weighted by atomic mass is 10.0. The SMILES string of the molecule is CCOc1cccc(C(c2cccs2)N2CCCNCC2)c1. The zero-order valence-corrected chi connectivity index (χ0v) is 13.9. The molecule has 1 unspecified atom stereocenters. The maximum absolute atomic E-state index is 5.70. The Hall–Kier alpha value is -1.36. The first-order chi connectivity index (χ1) is 10.9. The molecule has 1 aliphatic heterocycles. The second-order valence-electron chi connectivity index (χ2n) is 5.56. The van der Waals surface area contributed by atoms with Crippen LogP contribution in [0, 0.1) is 0 Å². The molecule has 22 heavy (non-hydrogen) atoms. The van der Waals surface area contributed by atoms with Crippen molar-refractivity contribution in [2.75, 3.05) is 32.8 Å². The summed E-state index contributed by atoms with van der Waals surface area (Å²) >= 11 is 1.84. The third kappa shape index (κ3) is 3.69. The van der Waals surface area contributed by atoms with Gasteiger partial charge < -0.3 is 10.1 Å². The maximum Gasteiger partial charge on any atom is 0.119 e. The van der Waals surface area contributed by atoms with Crippen molar-refractivity contribution in [3.8, 4) is 5.75 Å². The molecule has 1 N–H and O–H groups in total. The molecule has 0 saturated carbocycles. The van der Waals surface area contributed by atoms with E-state index in [1.807, 2.05) is 24.3 Å². The lowest BCUT2D eigenvalue weighted by Gasteiger charge is -2.30. The molecule has 4 heteroatoms. The summed E-state index contributed by atoms with van der Waals surface area (Å²) in [4.78, 5) is 4.01. The minimum atomic E-state index is 0.334.